The summed E-state index contributed by atoms with van der Waals surface area (Å²) in [5.41, 5.74) is 0.987. The van der Waals surface area contributed by atoms with Gasteiger partial charge in [0.25, 0.3) is 0 Å². The minimum Gasteiger partial charge on any atom is -0.477 e. The highest BCUT2D eigenvalue weighted by Gasteiger charge is 2.20. The molecule has 2 atom stereocenters. The standard InChI is InChI=1S/C17H27N3O/c1-11(2)15-19-16(18-5)13(4)17(20-15)21-10-14-9-7-6-8-12(14)3/h6-7,11-12,14H,8-10H2,1-5H3,(H,18,19,20). The van der Waals surface area contributed by atoms with Gasteiger partial charge in [-0.1, -0.05) is 32.9 Å². The minimum absolute atomic E-state index is 0.289. The second-order valence-electron chi connectivity index (χ2n) is 6.26. The van der Waals surface area contributed by atoms with E-state index in [2.05, 4.69) is 48.2 Å². The van der Waals surface area contributed by atoms with Crippen LogP contribution in [0.2, 0.25) is 0 Å². The van der Waals surface area contributed by atoms with Gasteiger partial charge in [-0.15, -0.1) is 0 Å². The Balaban J connectivity index is 2.15. The number of nitrogens with zero attached hydrogens (tertiary/aromatic N) is 2. The number of hydrogen-bond acceptors (Lipinski definition) is 4. The Labute approximate surface area is 128 Å². The van der Waals surface area contributed by atoms with E-state index in [0.29, 0.717) is 11.8 Å². The smallest absolute Gasteiger partial charge is 0.221 e. The quantitative estimate of drug-likeness (QED) is 0.834. The molecule has 1 aromatic heterocycles. The molecular formula is C17H27N3O. The molecule has 21 heavy (non-hydrogen) atoms. The molecule has 1 N–H and O–H groups in total. The Morgan fingerprint density at radius 2 is 2.00 bits per heavy atom. The lowest BCUT2D eigenvalue weighted by Gasteiger charge is -2.25. The van der Waals surface area contributed by atoms with E-state index < -0.39 is 0 Å². The molecule has 0 amide bonds. The van der Waals surface area contributed by atoms with Gasteiger partial charge in [-0.25, -0.2) is 4.98 Å². The van der Waals surface area contributed by atoms with Crippen molar-refractivity contribution in [2.45, 2.75) is 46.5 Å². The summed E-state index contributed by atoms with van der Waals surface area (Å²) in [4.78, 5) is 9.15. The van der Waals surface area contributed by atoms with E-state index in [1.165, 1.54) is 0 Å². The molecule has 0 spiro atoms. The first kappa shape index (κ1) is 15.8. The molecule has 1 aliphatic carbocycles. The monoisotopic (exact) mass is 289 g/mol. The highest BCUT2D eigenvalue weighted by Crippen LogP contribution is 2.28. The van der Waals surface area contributed by atoms with E-state index in [0.717, 1.165) is 42.5 Å². The molecule has 0 bridgehead atoms. The fraction of sp³-hybridized carbons (Fsp3) is 0.647. The van der Waals surface area contributed by atoms with Crippen molar-refractivity contribution in [2.75, 3.05) is 19.0 Å². The van der Waals surface area contributed by atoms with Crippen LogP contribution in [-0.2, 0) is 0 Å². The van der Waals surface area contributed by atoms with Gasteiger partial charge in [0, 0.05) is 13.0 Å². The third-order valence-electron chi connectivity index (χ3n) is 4.22. The molecule has 0 aromatic carbocycles. The molecule has 2 unspecified atom stereocenters. The van der Waals surface area contributed by atoms with Crippen molar-refractivity contribution in [1.29, 1.82) is 0 Å². The Hall–Kier alpha value is -1.58. The number of anilines is 1. The van der Waals surface area contributed by atoms with Crippen LogP contribution in [0.25, 0.3) is 0 Å². The molecular weight excluding hydrogens is 262 g/mol. The summed E-state index contributed by atoms with van der Waals surface area (Å²) in [6.45, 7) is 9.23. The summed E-state index contributed by atoms with van der Waals surface area (Å²) in [7, 11) is 1.89. The molecule has 0 saturated heterocycles. The van der Waals surface area contributed by atoms with E-state index in [9.17, 15) is 0 Å². The third kappa shape index (κ3) is 3.74. The van der Waals surface area contributed by atoms with Gasteiger partial charge in [0.1, 0.15) is 11.6 Å². The Kier molecular flexibility index (Phi) is 5.21. The number of hydrogen-bond donors (Lipinski definition) is 1. The summed E-state index contributed by atoms with van der Waals surface area (Å²) < 4.78 is 6.06. The first-order valence-electron chi connectivity index (χ1n) is 7.87. The van der Waals surface area contributed by atoms with Gasteiger partial charge in [-0.3, -0.25) is 0 Å². The summed E-state index contributed by atoms with van der Waals surface area (Å²) in [6.07, 6.45) is 6.78. The summed E-state index contributed by atoms with van der Waals surface area (Å²) in [6, 6.07) is 0. The maximum Gasteiger partial charge on any atom is 0.221 e. The zero-order valence-electron chi connectivity index (χ0n) is 13.8. The largest absolute Gasteiger partial charge is 0.477 e. The molecule has 0 radical (unpaired) electrons. The van der Waals surface area contributed by atoms with E-state index in [4.69, 9.17) is 4.74 Å². The van der Waals surface area contributed by atoms with Gasteiger partial charge >= 0.3 is 0 Å². The van der Waals surface area contributed by atoms with Crippen LogP contribution in [0.15, 0.2) is 12.2 Å². The third-order valence-corrected chi connectivity index (χ3v) is 4.22. The van der Waals surface area contributed by atoms with Gasteiger partial charge in [-0.2, -0.15) is 4.98 Å². The number of nitrogens with one attached hydrogen (secondary N) is 1. The molecule has 0 fully saturated rings. The van der Waals surface area contributed by atoms with E-state index in [-0.39, 0.29) is 5.92 Å². The van der Waals surface area contributed by atoms with Crippen molar-refractivity contribution < 1.29 is 4.74 Å². The number of ether oxygens (including phenoxy) is 1. The van der Waals surface area contributed by atoms with Crippen LogP contribution in [0.1, 0.15) is 50.9 Å². The van der Waals surface area contributed by atoms with Crippen LogP contribution >= 0.6 is 0 Å². The molecule has 4 nitrogen and oxygen atoms in total. The maximum atomic E-state index is 6.06. The Morgan fingerprint density at radius 1 is 1.29 bits per heavy atom. The highest BCUT2D eigenvalue weighted by atomic mass is 16.5. The molecule has 116 valence electrons. The van der Waals surface area contributed by atoms with Crippen LogP contribution in [-0.4, -0.2) is 23.6 Å². The van der Waals surface area contributed by atoms with Gasteiger partial charge in [0.05, 0.1) is 12.2 Å². The molecule has 4 heteroatoms. The van der Waals surface area contributed by atoms with E-state index in [1.54, 1.807) is 0 Å². The number of aromatic nitrogens is 2. The normalized spacial score (nSPS) is 21.6. The van der Waals surface area contributed by atoms with Gasteiger partial charge < -0.3 is 10.1 Å². The summed E-state index contributed by atoms with van der Waals surface area (Å²) in [5.74, 6) is 3.95. The zero-order chi connectivity index (χ0) is 15.4. The molecule has 1 aliphatic rings. The molecule has 1 heterocycles. The zero-order valence-corrected chi connectivity index (χ0v) is 13.8. The van der Waals surface area contributed by atoms with Crippen molar-refractivity contribution in [2.24, 2.45) is 11.8 Å². The fourth-order valence-corrected chi connectivity index (χ4v) is 2.58. The van der Waals surface area contributed by atoms with Gasteiger partial charge in [0.15, 0.2) is 0 Å². The van der Waals surface area contributed by atoms with E-state index >= 15 is 0 Å². The average Bonchev–Trinajstić information content (AvgIpc) is 2.47. The van der Waals surface area contributed by atoms with Crippen molar-refractivity contribution >= 4 is 5.82 Å². The highest BCUT2D eigenvalue weighted by molar-refractivity contribution is 5.48. The minimum atomic E-state index is 0.289. The molecule has 2 rings (SSSR count). The number of rotatable bonds is 5. The topological polar surface area (TPSA) is 47.0 Å². The molecule has 0 saturated carbocycles. The van der Waals surface area contributed by atoms with Crippen LogP contribution < -0.4 is 10.1 Å². The van der Waals surface area contributed by atoms with Crippen molar-refractivity contribution in [3.63, 3.8) is 0 Å². The Morgan fingerprint density at radius 3 is 2.62 bits per heavy atom. The first-order chi connectivity index (χ1) is 10.0. The maximum absolute atomic E-state index is 6.06. The van der Waals surface area contributed by atoms with Crippen molar-refractivity contribution in [3.05, 3.63) is 23.5 Å². The van der Waals surface area contributed by atoms with Gasteiger partial charge in [-0.05, 0) is 31.6 Å². The lowest BCUT2D eigenvalue weighted by molar-refractivity contribution is 0.191. The SMILES string of the molecule is CNc1nc(C(C)C)nc(OCC2CC=CCC2C)c1C. The predicted molar refractivity (Wildman–Crippen MR) is 86.9 cm³/mol. The predicted octanol–water partition coefficient (Wildman–Crippen LogP) is 3.93. The molecule has 0 aliphatic heterocycles. The Bertz CT molecular complexity index is 511. The second-order valence-corrected chi connectivity index (χ2v) is 6.26. The average molecular weight is 289 g/mol. The van der Waals surface area contributed by atoms with Crippen LogP contribution in [0.5, 0.6) is 5.88 Å². The fourth-order valence-electron chi connectivity index (χ4n) is 2.58. The summed E-state index contributed by atoms with van der Waals surface area (Å²) >= 11 is 0. The lowest BCUT2D eigenvalue weighted by atomic mass is 9.85. The lowest BCUT2D eigenvalue weighted by Crippen LogP contribution is -2.22. The van der Waals surface area contributed by atoms with Crippen LogP contribution in [0.3, 0.4) is 0 Å². The second kappa shape index (κ2) is 6.92. The summed E-state index contributed by atoms with van der Waals surface area (Å²) in [5, 5.41) is 3.14. The number of allylic oxidation sites excluding steroid dienone is 2. The van der Waals surface area contributed by atoms with Crippen LogP contribution in [0, 0.1) is 18.8 Å². The molecule has 1 aromatic rings. The van der Waals surface area contributed by atoms with Gasteiger partial charge in [0.2, 0.25) is 5.88 Å². The van der Waals surface area contributed by atoms with Crippen molar-refractivity contribution in [1.82, 2.24) is 9.97 Å². The first-order valence-corrected chi connectivity index (χ1v) is 7.87. The van der Waals surface area contributed by atoms with Crippen molar-refractivity contribution in [3.8, 4) is 5.88 Å². The van der Waals surface area contributed by atoms with E-state index in [1.807, 2.05) is 14.0 Å². The van der Waals surface area contributed by atoms with Crippen LogP contribution in [0.4, 0.5) is 5.82 Å².